The molecule has 26 heavy (non-hydrogen) atoms. The van der Waals surface area contributed by atoms with Gasteiger partial charge in [0, 0.05) is 19.6 Å². The van der Waals surface area contributed by atoms with Crippen LogP contribution in [0.2, 0.25) is 0 Å². The number of rotatable bonds is 9. The van der Waals surface area contributed by atoms with Gasteiger partial charge in [-0.1, -0.05) is 6.07 Å². The van der Waals surface area contributed by atoms with Crippen LogP contribution in [0, 0.1) is 0 Å². The predicted molar refractivity (Wildman–Crippen MR) is 95.9 cm³/mol. The first kappa shape index (κ1) is 21.9. The Morgan fingerprint density at radius 2 is 1.85 bits per heavy atom. The number of hydrogen-bond acceptors (Lipinski definition) is 4. The predicted octanol–water partition coefficient (Wildman–Crippen LogP) is 2.25. The molecule has 1 aromatic rings. The van der Waals surface area contributed by atoms with E-state index in [1.54, 1.807) is 20.3 Å². The molecule has 1 aromatic carbocycles. The fraction of sp³-hybridized carbons (Fsp3) is 0.588. The Bertz CT molecular complexity index is 580. The number of nitrogens with zero attached hydrogens (tertiary/aromatic N) is 2. The number of likely N-dealkylation sites (N-methyl/N-ethyl adjacent to an activating group) is 1. The SMILES string of the molecule is CCNC(=NCc1ccc(OC)c(OC)c1)NCCN(C)CC(F)(F)F. The summed E-state index contributed by atoms with van der Waals surface area (Å²) in [6, 6.07) is 5.52. The van der Waals surface area contributed by atoms with E-state index in [2.05, 4.69) is 15.6 Å². The lowest BCUT2D eigenvalue weighted by Crippen LogP contribution is -2.42. The average Bonchev–Trinajstić information content (AvgIpc) is 2.57. The fourth-order valence-corrected chi connectivity index (χ4v) is 2.24. The van der Waals surface area contributed by atoms with Crippen molar-refractivity contribution in [2.24, 2.45) is 4.99 Å². The van der Waals surface area contributed by atoms with Crippen LogP contribution in [0.1, 0.15) is 12.5 Å². The third-order valence-electron chi connectivity index (χ3n) is 3.45. The molecule has 2 N–H and O–H groups in total. The highest BCUT2D eigenvalue weighted by atomic mass is 19.4. The molecular formula is C17H27F3N4O2. The molecule has 0 aliphatic heterocycles. The van der Waals surface area contributed by atoms with Gasteiger partial charge in [-0.15, -0.1) is 0 Å². The molecule has 0 spiro atoms. The Kier molecular flexibility index (Phi) is 9.04. The van der Waals surface area contributed by atoms with Crippen molar-refractivity contribution in [3.63, 3.8) is 0 Å². The summed E-state index contributed by atoms with van der Waals surface area (Å²) in [7, 11) is 4.56. The lowest BCUT2D eigenvalue weighted by molar-refractivity contribution is -0.142. The standard InChI is InChI=1S/C17H27F3N4O2/c1-5-21-16(22-8-9-24(2)12-17(18,19)20)23-11-13-6-7-14(25-3)15(10-13)26-4/h6-7,10H,5,8-9,11-12H2,1-4H3,(H2,21,22,23). The zero-order valence-corrected chi connectivity index (χ0v) is 15.6. The van der Waals surface area contributed by atoms with E-state index in [9.17, 15) is 13.2 Å². The highest BCUT2D eigenvalue weighted by molar-refractivity contribution is 5.79. The van der Waals surface area contributed by atoms with Crippen LogP contribution < -0.4 is 20.1 Å². The van der Waals surface area contributed by atoms with Crippen LogP contribution in [0.3, 0.4) is 0 Å². The summed E-state index contributed by atoms with van der Waals surface area (Å²) in [5.74, 6) is 1.80. The summed E-state index contributed by atoms with van der Waals surface area (Å²) in [4.78, 5) is 5.66. The largest absolute Gasteiger partial charge is 0.493 e. The monoisotopic (exact) mass is 376 g/mol. The Morgan fingerprint density at radius 1 is 1.15 bits per heavy atom. The fourth-order valence-electron chi connectivity index (χ4n) is 2.24. The van der Waals surface area contributed by atoms with Crippen molar-refractivity contribution in [2.45, 2.75) is 19.6 Å². The first-order valence-electron chi connectivity index (χ1n) is 8.27. The Balaban J connectivity index is 2.60. The minimum absolute atomic E-state index is 0.250. The van der Waals surface area contributed by atoms with Crippen molar-refractivity contribution in [1.82, 2.24) is 15.5 Å². The molecule has 0 fully saturated rings. The molecule has 6 nitrogen and oxygen atoms in total. The molecule has 0 aliphatic rings. The van der Waals surface area contributed by atoms with E-state index in [1.165, 1.54) is 11.9 Å². The molecule has 0 unspecified atom stereocenters. The number of alkyl halides is 3. The molecule has 148 valence electrons. The maximum atomic E-state index is 12.3. The Hall–Kier alpha value is -2.16. The Labute approximate surface area is 152 Å². The Morgan fingerprint density at radius 3 is 2.42 bits per heavy atom. The van der Waals surface area contributed by atoms with Crippen LogP contribution in [0.25, 0.3) is 0 Å². The number of benzene rings is 1. The molecular weight excluding hydrogens is 349 g/mol. The normalized spacial score (nSPS) is 12.2. The van der Waals surface area contributed by atoms with Crippen molar-refractivity contribution in [3.8, 4) is 11.5 Å². The van der Waals surface area contributed by atoms with Gasteiger partial charge in [-0.2, -0.15) is 13.2 Å². The van der Waals surface area contributed by atoms with E-state index >= 15 is 0 Å². The molecule has 0 radical (unpaired) electrons. The number of guanidine groups is 1. The van der Waals surface area contributed by atoms with Crippen LogP contribution in [-0.4, -0.2) is 64.5 Å². The highest BCUT2D eigenvalue weighted by Gasteiger charge is 2.28. The van der Waals surface area contributed by atoms with Gasteiger partial charge in [-0.3, -0.25) is 4.90 Å². The summed E-state index contributed by atoms with van der Waals surface area (Å²) in [6.45, 7) is 2.63. The van der Waals surface area contributed by atoms with Crippen LogP contribution in [0.5, 0.6) is 11.5 Å². The number of ether oxygens (including phenoxy) is 2. The van der Waals surface area contributed by atoms with Gasteiger partial charge in [-0.25, -0.2) is 4.99 Å². The van der Waals surface area contributed by atoms with Gasteiger partial charge in [0.05, 0.1) is 27.3 Å². The average molecular weight is 376 g/mol. The molecule has 0 aliphatic carbocycles. The van der Waals surface area contributed by atoms with Gasteiger partial charge >= 0.3 is 6.18 Å². The van der Waals surface area contributed by atoms with Gasteiger partial charge in [0.15, 0.2) is 17.5 Å². The number of halogens is 3. The van der Waals surface area contributed by atoms with Crippen molar-refractivity contribution < 1.29 is 22.6 Å². The second-order valence-electron chi connectivity index (χ2n) is 5.66. The highest BCUT2D eigenvalue weighted by Crippen LogP contribution is 2.27. The zero-order valence-electron chi connectivity index (χ0n) is 15.6. The van der Waals surface area contributed by atoms with E-state index in [0.29, 0.717) is 37.1 Å². The van der Waals surface area contributed by atoms with Gasteiger partial charge < -0.3 is 20.1 Å². The maximum Gasteiger partial charge on any atom is 0.401 e. The molecule has 9 heteroatoms. The summed E-state index contributed by atoms with van der Waals surface area (Å²) in [6.07, 6.45) is -4.19. The van der Waals surface area contributed by atoms with Crippen LogP contribution >= 0.6 is 0 Å². The molecule has 0 amide bonds. The van der Waals surface area contributed by atoms with E-state index in [-0.39, 0.29) is 6.54 Å². The quantitative estimate of drug-likeness (QED) is 0.511. The first-order valence-corrected chi connectivity index (χ1v) is 8.27. The number of hydrogen-bond donors (Lipinski definition) is 2. The summed E-state index contributed by atoms with van der Waals surface area (Å²) in [5, 5.41) is 6.10. The van der Waals surface area contributed by atoms with E-state index in [0.717, 1.165) is 5.56 Å². The summed E-state index contributed by atoms with van der Waals surface area (Å²) < 4.78 is 47.4. The van der Waals surface area contributed by atoms with Gasteiger partial charge in [-0.05, 0) is 31.7 Å². The van der Waals surface area contributed by atoms with Crippen molar-refractivity contribution in [3.05, 3.63) is 23.8 Å². The van der Waals surface area contributed by atoms with E-state index < -0.39 is 12.7 Å². The summed E-state index contributed by atoms with van der Waals surface area (Å²) >= 11 is 0. The minimum atomic E-state index is -4.19. The molecule has 0 saturated carbocycles. The topological polar surface area (TPSA) is 58.1 Å². The minimum Gasteiger partial charge on any atom is -0.493 e. The number of nitrogens with one attached hydrogen (secondary N) is 2. The summed E-state index contributed by atoms with van der Waals surface area (Å²) in [5.41, 5.74) is 0.925. The van der Waals surface area contributed by atoms with Crippen molar-refractivity contribution in [1.29, 1.82) is 0 Å². The molecule has 1 rings (SSSR count). The first-order chi connectivity index (χ1) is 12.3. The van der Waals surface area contributed by atoms with Crippen LogP contribution in [0.4, 0.5) is 13.2 Å². The van der Waals surface area contributed by atoms with Gasteiger partial charge in [0.1, 0.15) is 0 Å². The molecule has 0 aromatic heterocycles. The molecule has 0 atom stereocenters. The van der Waals surface area contributed by atoms with Crippen LogP contribution in [-0.2, 0) is 6.54 Å². The second kappa shape index (κ2) is 10.7. The third kappa shape index (κ3) is 8.28. The van der Waals surface area contributed by atoms with Crippen molar-refractivity contribution >= 4 is 5.96 Å². The lowest BCUT2D eigenvalue weighted by atomic mass is 10.2. The smallest absolute Gasteiger partial charge is 0.401 e. The van der Waals surface area contributed by atoms with E-state index in [1.807, 2.05) is 19.1 Å². The molecule has 0 heterocycles. The van der Waals surface area contributed by atoms with Crippen molar-refractivity contribution in [2.75, 3.05) is 47.4 Å². The van der Waals surface area contributed by atoms with Gasteiger partial charge in [0.25, 0.3) is 0 Å². The molecule has 0 bridgehead atoms. The second-order valence-corrected chi connectivity index (χ2v) is 5.66. The van der Waals surface area contributed by atoms with E-state index in [4.69, 9.17) is 9.47 Å². The lowest BCUT2D eigenvalue weighted by Gasteiger charge is -2.19. The maximum absolute atomic E-state index is 12.3. The number of aliphatic imine (C=N–C) groups is 1. The van der Waals surface area contributed by atoms with Crippen LogP contribution in [0.15, 0.2) is 23.2 Å². The number of methoxy groups -OCH3 is 2. The van der Waals surface area contributed by atoms with Gasteiger partial charge in [0.2, 0.25) is 0 Å². The third-order valence-corrected chi connectivity index (χ3v) is 3.45. The zero-order chi connectivity index (χ0) is 19.6. The molecule has 0 saturated heterocycles.